The Morgan fingerprint density at radius 1 is 1.05 bits per heavy atom. The number of benzene rings is 1. The summed E-state index contributed by atoms with van der Waals surface area (Å²) >= 11 is 0. The van der Waals surface area contributed by atoms with Gasteiger partial charge in [0.15, 0.2) is 0 Å². The molecule has 0 aromatic heterocycles. The van der Waals surface area contributed by atoms with Crippen LogP contribution in [-0.4, -0.2) is 37.3 Å². The van der Waals surface area contributed by atoms with Gasteiger partial charge in [-0.2, -0.15) is 0 Å². The SMILES string of the molecule is COC(CCCCS(=N)(=O)c1ccccc1)(OC)OC. The molecular weight excluding hydrogens is 278 g/mol. The van der Waals surface area contributed by atoms with Gasteiger partial charge in [-0.3, -0.25) is 0 Å². The average molecular weight is 301 g/mol. The second-order valence-electron chi connectivity index (χ2n) is 4.44. The van der Waals surface area contributed by atoms with Crippen molar-refractivity contribution in [3.8, 4) is 0 Å². The topological polar surface area (TPSA) is 68.6 Å². The standard InChI is InChI=1S/C14H23NO4S/c1-17-14(18-2,19-3)11-7-8-12-20(15,16)13-9-5-4-6-10-13/h4-6,9-10,15H,7-8,11-12H2,1-3H3. The Kier molecular flexibility index (Phi) is 6.61. The minimum absolute atomic E-state index is 0.324. The molecule has 20 heavy (non-hydrogen) atoms. The van der Waals surface area contributed by atoms with Crippen LogP contribution in [0.3, 0.4) is 0 Å². The molecule has 6 heteroatoms. The third kappa shape index (κ3) is 4.56. The number of methoxy groups -OCH3 is 3. The lowest BCUT2D eigenvalue weighted by Gasteiger charge is -2.28. The van der Waals surface area contributed by atoms with Crippen LogP contribution in [0.5, 0.6) is 0 Å². The van der Waals surface area contributed by atoms with Gasteiger partial charge in [0.1, 0.15) is 0 Å². The smallest absolute Gasteiger partial charge is 0.282 e. The molecule has 1 aromatic carbocycles. The molecule has 1 atom stereocenters. The zero-order valence-electron chi connectivity index (χ0n) is 12.3. The van der Waals surface area contributed by atoms with E-state index in [-0.39, 0.29) is 0 Å². The van der Waals surface area contributed by atoms with E-state index in [1.54, 1.807) is 24.3 Å². The highest BCUT2D eigenvalue weighted by molar-refractivity contribution is 7.92. The van der Waals surface area contributed by atoms with Crippen molar-refractivity contribution < 1.29 is 18.4 Å². The fourth-order valence-corrected chi connectivity index (χ4v) is 3.40. The van der Waals surface area contributed by atoms with Crippen LogP contribution in [0.1, 0.15) is 19.3 Å². The van der Waals surface area contributed by atoms with Gasteiger partial charge in [-0.15, -0.1) is 0 Å². The van der Waals surface area contributed by atoms with Gasteiger partial charge in [0.2, 0.25) is 0 Å². The quantitative estimate of drug-likeness (QED) is 0.562. The van der Waals surface area contributed by atoms with Crippen molar-refractivity contribution in [3.05, 3.63) is 30.3 Å². The van der Waals surface area contributed by atoms with Crippen LogP contribution >= 0.6 is 0 Å². The summed E-state index contributed by atoms with van der Waals surface area (Å²) in [4.78, 5) is 0.580. The number of ether oxygens (including phenoxy) is 3. The fraction of sp³-hybridized carbons (Fsp3) is 0.571. The first-order valence-electron chi connectivity index (χ1n) is 6.46. The number of hydrogen-bond acceptors (Lipinski definition) is 5. The molecule has 114 valence electrons. The first kappa shape index (κ1) is 17.1. The highest BCUT2D eigenvalue weighted by atomic mass is 32.2. The molecule has 0 fully saturated rings. The lowest BCUT2D eigenvalue weighted by molar-refractivity contribution is -0.355. The summed E-state index contributed by atoms with van der Waals surface area (Å²) in [5, 5.41) is 0. The Balaban J connectivity index is 2.49. The maximum atomic E-state index is 12.3. The average Bonchev–Trinajstić information content (AvgIpc) is 2.49. The van der Waals surface area contributed by atoms with E-state index in [1.807, 2.05) is 6.07 Å². The second kappa shape index (κ2) is 7.73. The van der Waals surface area contributed by atoms with E-state index < -0.39 is 15.7 Å². The van der Waals surface area contributed by atoms with Gasteiger partial charge in [0.05, 0.1) is 9.73 Å². The molecule has 0 radical (unpaired) electrons. The molecule has 0 aliphatic rings. The summed E-state index contributed by atoms with van der Waals surface area (Å²) in [6.45, 7) is 0. The summed E-state index contributed by atoms with van der Waals surface area (Å²) < 4.78 is 35.8. The Bertz CT molecular complexity index is 475. The van der Waals surface area contributed by atoms with Crippen LogP contribution in [0.15, 0.2) is 35.2 Å². The third-order valence-electron chi connectivity index (χ3n) is 3.22. The lowest BCUT2D eigenvalue weighted by Crippen LogP contribution is -2.35. The van der Waals surface area contributed by atoms with Crippen molar-refractivity contribution in [1.29, 1.82) is 4.78 Å². The minimum Gasteiger partial charge on any atom is -0.331 e. The Hall–Kier alpha value is -0.950. The highest BCUT2D eigenvalue weighted by Gasteiger charge is 2.28. The fourth-order valence-electron chi connectivity index (χ4n) is 1.96. The van der Waals surface area contributed by atoms with Crippen molar-refractivity contribution in [2.24, 2.45) is 0 Å². The predicted molar refractivity (Wildman–Crippen MR) is 78.0 cm³/mol. The zero-order valence-corrected chi connectivity index (χ0v) is 13.1. The zero-order chi connectivity index (χ0) is 15.1. The molecular formula is C14H23NO4S. The molecule has 0 saturated carbocycles. The summed E-state index contributed by atoms with van der Waals surface area (Å²) in [5.74, 6) is -0.722. The van der Waals surface area contributed by atoms with Gasteiger partial charge < -0.3 is 14.2 Å². The van der Waals surface area contributed by atoms with Crippen molar-refractivity contribution in [3.63, 3.8) is 0 Å². The van der Waals surface area contributed by atoms with Gasteiger partial charge >= 0.3 is 0 Å². The van der Waals surface area contributed by atoms with Crippen LogP contribution in [0.2, 0.25) is 0 Å². The lowest BCUT2D eigenvalue weighted by atomic mass is 10.2. The van der Waals surface area contributed by atoms with Gasteiger partial charge in [0.25, 0.3) is 5.97 Å². The maximum Gasteiger partial charge on any atom is 0.282 e. The van der Waals surface area contributed by atoms with Crippen molar-refractivity contribution >= 4 is 9.73 Å². The summed E-state index contributed by atoms with van der Waals surface area (Å²) in [6.07, 6.45) is 1.88. The Morgan fingerprint density at radius 2 is 1.60 bits per heavy atom. The van der Waals surface area contributed by atoms with E-state index in [0.717, 1.165) is 0 Å². The van der Waals surface area contributed by atoms with E-state index >= 15 is 0 Å². The summed E-state index contributed by atoms with van der Waals surface area (Å²) in [6, 6.07) is 8.92. The molecule has 0 amide bonds. The number of nitrogens with one attached hydrogen (secondary N) is 1. The Morgan fingerprint density at radius 3 is 2.10 bits per heavy atom. The predicted octanol–water partition coefficient (Wildman–Crippen LogP) is 2.86. The van der Waals surface area contributed by atoms with Gasteiger partial charge in [0, 0.05) is 38.4 Å². The first-order valence-corrected chi connectivity index (χ1v) is 8.19. The number of hydrogen-bond donors (Lipinski definition) is 1. The van der Waals surface area contributed by atoms with E-state index in [4.69, 9.17) is 19.0 Å². The molecule has 0 aliphatic carbocycles. The molecule has 0 aliphatic heterocycles. The van der Waals surface area contributed by atoms with Crippen LogP contribution in [0, 0.1) is 4.78 Å². The maximum absolute atomic E-state index is 12.3. The van der Waals surface area contributed by atoms with E-state index in [1.165, 1.54) is 21.3 Å². The van der Waals surface area contributed by atoms with Crippen molar-refractivity contribution in [2.45, 2.75) is 30.1 Å². The molecule has 1 N–H and O–H groups in total. The second-order valence-corrected chi connectivity index (χ2v) is 6.68. The van der Waals surface area contributed by atoms with Crippen LogP contribution in [-0.2, 0) is 23.9 Å². The third-order valence-corrected chi connectivity index (χ3v) is 5.12. The molecule has 0 bridgehead atoms. The van der Waals surface area contributed by atoms with Gasteiger partial charge in [-0.05, 0) is 25.0 Å². The van der Waals surface area contributed by atoms with Crippen molar-refractivity contribution in [2.75, 3.05) is 27.1 Å². The molecule has 1 unspecified atom stereocenters. The molecule has 0 heterocycles. The van der Waals surface area contributed by atoms with E-state index in [9.17, 15) is 4.21 Å². The molecule has 0 spiro atoms. The molecule has 5 nitrogen and oxygen atoms in total. The molecule has 1 rings (SSSR count). The summed E-state index contributed by atoms with van der Waals surface area (Å²) in [7, 11) is 1.83. The van der Waals surface area contributed by atoms with E-state index in [2.05, 4.69) is 0 Å². The monoisotopic (exact) mass is 301 g/mol. The van der Waals surface area contributed by atoms with E-state index in [0.29, 0.717) is 29.9 Å². The molecule has 1 aromatic rings. The molecule has 0 saturated heterocycles. The number of rotatable bonds is 9. The Labute approximate surface area is 121 Å². The van der Waals surface area contributed by atoms with Crippen LogP contribution < -0.4 is 0 Å². The highest BCUT2D eigenvalue weighted by Crippen LogP contribution is 2.21. The summed E-state index contributed by atoms with van der Waals surface area (Å²) in [5.41, 5.74) is 0. The minimum atomic E-state index is -2.72. The van der Waals surface area contributed by atoms with Gasteiger partial charge in [-0.25, -0.2) is 8.99 Å². The normalized spacial score (nSPS) is 14.9. The first-order chi connectivity index (χ1) is 9.49. The number of unbranched alkanes of at least 4 members (excludes halogenated alkanes) is 1. The van der Waals surface area contributed by atoms with Gasteiger partial charge in [-0.1, -0.05) is 18.2 Å². The largest absolute Gasteiger partial charge is 0.331 e. The van der Waals surface area contributed by atoms with Crippen molar-refractivity contribution in [1.82, 2.24) is 0 Å². The van der Waals surface area contributed by atoms with Crippen LogP contribution in [0.4, 0.5) is 0 Å². The van der Waals surface area contributed by atoms with Crippen LogP contribution in [0.25, 0.3) is 0 Å².